The molecule has 5 heteroatoms. The van der Waals surface area contributed by atoms with Crippen LogP contribution in [0, 0.1) is 0 Å². The maximum absolute atomic E-state index is 5.33. The third kappa shape index (κ3) is 3.51. The first-order valence-corrected chi connectivity index (χ1v) is 6.79. The highest BCUT2D eigenvalue weighted by molar-refractivity contribution is 9.10. The van der Waals surface area contributed by atoms with E-state index in [9.17, 15) is 0 Å². The van der Waals surface area contributed by atoms with E-state index in [1.54, 1.807) is 20.4 Å². The zero-order valence-electron chi connectivity index (χ0n) is 11.3. The number of benzene rings is 2. The van der Waals surface area contributed by atoms with Crippen LogP contribution in [0.5, 0.6) is 11.5 Å². The van der Waals surface area contributed by atoms with Crippen molar-refractivity contribution in [2.75, 3.05) is 19.6 Å². The number of nitrogens with one attached hydrogen (secondary N) is 1. The molecule has 0 fully saturated rings. The Morgan fingerprint density at radius 2 is 1.75 bits per heavy atom. The lowest BCUT2D eigenvalue weighted by Crippen LogP contribution is -1.96. The predicted molar refractivity (Wildman–Crippen MR) is 84.9 cm³/mol. The molecule has 1 N–H and O–H groups in total. The molecule has 0 aliphatic carbocycles. The van der Waals surface area contributed by atoms with Crippen molar-refractivity contribution in [3.05, 3.63) is 52.5 Å². The smallest absolute Gasteiger partial charge is 0.136 e. The standard InChI is InChI=1S/C15H15BrN2O2/c1-19-14-9-15(20-2)13(16)8-11(14)10-17-18-12-6-4-3-5-7-12/h3-10,18H,1-2H3/b17-10+. The van der Waals surface area contributed by atoms with Crippen molar-refractivity contribution in [1.82, 2.24) is 0 Å². The summed E-state index contributed by atoms with van der Waals surface area (Å²) in [4.78, 5) is 0. The monoisotopic (exact) mass is 334 g/mol. The number of anilines is 1. The summed E-state index contributed by atoms with van der Waals surface area (Å²) in [6.07, 6.45) is 1.70. The van der Waals surface area contributed by atoms with Crippen molar-refractivity contribution < 1.29 is 9.47 Å². The molecule has 2 rings (SSSR count). The van der Waals surface area contributed by atoms with E-state index in [-0.39, 0.29) is 0 Å². The Kier molecular flexibility index (Phi) is 5.01. The summed E-state index contributed by atoms with van der Waals surface area (Å²) in [7, 11) is 3.23. The minimum Gasteiger partial charge on any atom is -0.496 e. The van der Waals surface area contributed by atoms with Crippen molar-refractivity contribution in [3.8, 4) is 11.5 Å². The van der Waals surface area contributed by atoms with Gasteiger partial charge < -0.3 is 9.47 Å². The lowest BCUT2D eigenvalue weighted by molar-refractivity contribution is 0.392. The first-order chi connectivity index (χ1) is 9.74. The summed E-state index contributed by atoms with van der Waals surface area (Å²) in [6.45, 7) is 0. The zero-order chi connectivity index (χ0) is 14.4. The summed E-state index contributed by atoms with van der Waals surface area (Å²) in [6, 6.07) is 13.4. The Balaban J connectivity index is 2.18. The number of para-hydroxylation sites is 1. The second kappa shape index (κ2) is 6.96. The number of halogens is 1. The maximum atomic E-state index is 5.33. The van der Waals surface area contributed by atoms with Gasteiger partial charge in [-0.25, -0.2) is 0 Å². The van der Waals surface area contributed by atoms with Crippen LogP contribution in [0.2, 0.25) is 0 Å². The van der Waals surface area contributed by atoms with Crippen LogP contribution in [0.25, 0.3) is 0 Å². The van der Waals surface area contributed by atoms with Gasteiger partial charge in [0.05, 0.1) is 30.6 Å². The zero-order valence-corrected chi connectivity index (χ0v) is 12.8. The SMILES string of the molecule is COc1cc(OC)c(/C=N/Nc2ccccc2)cc1Br. The predicted octanol–water partition coefficient (Wildman–Crippen LogP) is 3.91. The Hall–Kier alpha value is -2.01. The molecule has 0 aliphatic heterocycles. The number of rotatable bonds is 5. The van der Waals surface area contributed by atoms with Gasteiger partial charge in [-0.2, -0.15) is 5.10 Å². The molecular weight excluding hydrogens is 320 g/mol. The highest BCUT2D eigenvalue weighted by Crippen LogP contribution is 2.31. The number of hydrogen-bond acceptors (Lipinski definition) is 4. The molecule has 0 aliphatic rings. The molecule has 0 saturated carbocycles. The van der Waals surface area contributed by atoms with Gasteiger partial charge in [-0.3, -0.25) is 5.43 Å². The summed E-state index contributed by atoms with van der Waals surface area (Å²) in [5.41, 5.74) is 4.74. The molecule has 0 heterocycles. The van der Waals surface area contributed by atoms with Crippen molar-refractivity contribution in [2.24, 2.45) is 5.10 Å². The lowest BCUT2D eigenvalue weighted by atomic mass is 10.2. The van der Waals surface area contributed by atoms with E-state index in [0.29, 0.717) is 5.75 Å². The van der Waals surface area contributed by atoms with Gasteiger partial charge in [0.1, 0.15) is 11.5 Å². The van der Waals surface area contributed by atoms with E-state index in [1.165, 1.54) is 0 Å². The number of hydrazone groups is 1. The second-order valence-corrected chi connectivity index (χ2v) is 4.82. The van der Waals surface area contributed by atoms with Gasteiger partial charge in [-0.15, -0.1) is 0 Å². The largest absolute Gasteiger partial charge is 0.496 e. The summed E-state index contributed by atoms with van der Waals surface area (Å²) in [5.74, 6) is 1.42. The van der Waals surface area contributed by atoms with Crippen LogP contribution >= 0.6 is 15.9 Å². The van der Waals surface area contributed by atoms with Crippen molar-refractivity contribution in [1.29, 1.82) is 0 Å². The molecule has 0 amide bonds. The van der Waals surface area contributed by atoms with Crippen LogP contribution in [0.4, 0.5) is 5.69 Å². The minimum atomic E-state index is 0.698. The van der Waals surface area contributed by atoms with Crippen LogP contribution in [0.3, 0.4) is 0 Å². The molecule has 0 unspecified atom stereocenters. The summed E-state index contributed by atoms with van der Waals surface area (Å²) >= 11 is 3.44. The second-order valence-electron chi connectivity index (χ2n) is 3.96. The minimum absolute atomic E-state index is 0.698. The third-order valence-corrected chi connectivity index (χ3v) is 3.29. The van der Waals surface area contributed by atoms with Crippen molar-refractivity contribution in [3.63, 3.8) is 0 Å². The number of ether oxygens (including phenoxy) is 2. The Bertz CT molecular complexity index is 600. The van der Waals surface area contributed by atoms with E-state index in [4.69, 9.17) is 9.47 Å². The lowest BCUT2D eigenvalue weighted by Gasteiger charge is -2.09. The number of nitrogens with zero attached hydrogens (tertiary/aromatic N) is 1. The molecular formula is C15H15BrN2O2. The van der Waals surface area contributed by atoms with Crippen molar-refractivity contribution in [2.45, 2.75) is 0 Å². The Morgan fingerprint density at radius 1 is 1.05 bits per heavy atom. The van der Waals surface area contributed by atoms with Gasteiger partial charge in [-0.05, 0) is 34.1 Å². The fourth-order valence-electron chi connectivity index (χ4n) is 1.67. The van der Waals surface area contributed by atoms with Gasteiger partial charge in [0.25, 0.3) is 0 Å². The van der Waals surface area contributed by atoms with Gasteiger partial charge in [0, 0.05) is 11.6 Å². The van der Waals surface area contributed by atoms with Crippen LogP contribution in [-0.2, 0) is 0 Å². The first kappa shape index (κ1) is 14.4. The molecule has 2 aromatic carbocycles. The normalized spacial score (nSPS) is 10.6. The fraction of sp³-hybridized carbons (Fsp3) is 0.133. The van der Waals surface area contributed by atoms with Crippen LogP contribution in [0.15, 0.2) is 52.0 Å². The van der Waals surface area contributed by atoms with E-state index < -0.39 is 0 Å². The maximum Gasteiger partial charge on any atom is 0.136 e. The van der Waals surface area contributed by atoms with E-state index in [2.05, 4.69) is 26.5 Å². The first-order valence-electron chi connectivity index (χ1n) is 6.00. The van der Waals surface area contributed by atoms with Gasteiger partial charge >= 0.3 is 0 Å². The average Bonchev–Trinajstić information content (AvgIpc) is 2.48. The molecule has 0 saturated heterocycles. The van der Waals surface area contributed by atoms with Gasteiger partial charge in [0.15, 0.2) is 0 Å². The number of hydrogen-bond donors (Lipinski definition) is 1. The van der Waals surface area contributed by atoms with Gasteiger partial charge in [-0.1, -0.05) is 18.2 Å². The molecule has 0 radical (unpaired) electrons. The van der Waals surface area contributed by atoms with Gasteiger partial charge in [0.2, 0.25) is 0 Å². The van der Waals surface area contributed by atoms with Crippen LogP contribution in [0.1, 0.15) is 5.56 Å². The molecule has 0 bridgehead atoms. The molecule has 2 aromatic rings. The van der Waals surface area contributed by atoms with E-state index >= 15 is 0 Å². The van der Waals surface area contributed by atoms with E-state index in [1.807, 2.05) is 42.5 Å². The quantitative estimate of drug-likeness (QED) is 0.665. The fourth-order valence-corrected chi connectivity index (χ4v) is 2.20. The summed E-state index contributed by atoms with van der Waals surface area (Å²) < 4.78 is 11.4. The van der Waals surface area contributed by atoms with Crippen molar-refractivity contribution >= 4 is 27.8 Å². The highest BCUT2D eigenvalue weighted by atomic mass is 79.9. The number of methoxy groups -OCH3 is 2. The Labute approximate surface area is 126 Å². The average molecular weight is 335 g/mol. The third-order valence-electron chi connectivity index (χ3n) is 2.68. The molecule has 20 heavy (non-hydrogen) atoms. The van der Waals surface area contributed by atoms with Crippen LogP contribution in [-0.4, -0.2) is 20.4 Å². The molecule has 4 nitrogen and oxygen atoms in total. The Morgan fingerprint density at radius 3 is 2.40 bits per heavy atom. The molecule has 0 aromatic heterocycles. The topological polar surface area (TPSA) is 42.9 Å². The molecule has 0 atom stereocenters. The van der Waals surface area contributed by atoms with E-state index in [0.717, 1.165) is 21.5 Å². The molecule has 104 valence electrons. The summed E-state index contributed by atoms with van der Waals surface area (Å²) in [5, 5.41) is 4.20. The highest BCUT2D eigenvalue weighted by Gasteiger charge is 2.07. The van der Waals surface area contributed by atoms with Crippen LogP contribution < -0.4 is 14.9 Å². The molecule has 0 spiro atoms.